The summed E-state index contributed by atoms with van der Waals surface area (Å²) in [5.74, 6) is 0. The third-order valence-electron chi connectivity index (χ3n) is 4.13. The Bertz CT molecular complexity index is 877. The fourth-order valence-electron chi connectivity index (χ4n) is 2.79. The predicted molar refractivity (Wildman–Crippen MR) is 99.1 cm³/mol. The van der Waals surface area contributed by atoms with Gasteiger partial charge in [0.05, 0.1) is 30.4 Å². The van der Waals surface area contributed by atoms with Crippen LogP contribution in [0.25, 0.3) is 0 Å². The molecular weight excluding hydrogens is 378 g/mol. The van der Waals surface area contributed by atoms with Crippen molar-refractivity contribution >= 4 is 32.7 Å². The van der Waals surface area contributed by atoms with Crippen molar-refractivity contribution in [2.45, 2.75) is 11.4 Å². The summed E-state index contributed by atoms with van der Waals surface area (Å²) in [5.41, 5.74) is 0.195. The summed E-state index contributed by atoms with van der Waals surface area (Å²) in [7, 11) is -2.09. The molecule has 2 aromatic rings. The lowest BCUT2D eigenvalue weighted by molar-refractivity contribution is -0.385. The first-order chi connectivity index (χ1) is 12.4. The maximum absolute atomic E-state index is 13.1. The second kappa shape index (κ2) is 7.70. The quantitative estimate of drug-likeness (QED) is 0.549. The minimum absolute atomic E-state index is 0.0485. The number of nitro groups is 1. The van der Waals surface area contributed by atoms with Gasteiger partial charge in [-0.2, -0.15) is 4.31 Å². The molecule has 8 nitrogen and oxygen atoms in total. The van der Waals surface area contributed by atoms with Gasteiger partial charge in [-0.25, -0.2) is 8.42 Å². The van der Waals surface area contributed by atoms with Crippen LogP contribution in [0.5, 0.6) is 0 Å². The largest absolute Gasteiger partial charge is 0.379 e. The number of thiophene rings is 1. The lowest BCUT2D eigenvalue weighted by Crippen LogP contribution is -2.41. The lowest BCUT2D eigenvalue weighted by atomic mass is 10.2. The van der Waals surface area contributed by atoms with E-state index in [-0.39, 0.29) is 23.7 Å². The van der Waals surface area contributed by atoms with Gasteiger partial charge in [0, 0.05) is 37.1 Å². The number of hydrogen-bond acceptors (Lipinski definition) is 7. The smallest absolute Gasteiger partial charge is 0.270 e. The van der Waals surface area contributed by atoms with E-state index in [4.69, 9.17) is 4.74 Å². The second-order valence-electron chi connectivity index (χ2n) is 5.86. The van der Waals surface area contributed by atoms with Crippen LogP contribution in [0.15, 0.2) is 40.6 Å². The van der Waals surface area contributed by atoms with Crippen molar-refractivity contribution < 1.29 is 18.1 Å². The lowest BCUT2D eigenvalue weighted by Gasteiger charge is -2.28. The average Bonchev–Trinajstić information content (AvgIpc) is 3.14. The number of anilines is 1. The normalized spacial score (nSPS) is 15.7. The van der Waals surface area contributed by atoms with E-state index in [0.29, 0.717) is 25.4 Å². The van der Waals surface area contributed by atoms with E-state index in [0.717, 1.165) is 10.9 Å². The highest BCUT2D eigenvalue weighted by atomic mass is 32.2. The molecule has 10 heteroatoms. The topological polar surface area (TPSA) is 93.0 Å². The number of morpholine rings is 1. The molecule has 3 rings (SSSR count). The van der Waals surface area contributed by atoms with Crippen molar-refractivity contribution in [3.8, 4) is 0 Å². The fraction of sp³-hybridized carbons (Fsp3) is 0.375. The SMILES string of the molecule is CN(Cc1cccs1)c1ccc([N+](=O)[O-])cc1S(=O)(=O)N1CCOCC1. The number of rotatable bonds is 6. The van der Waals surface area contributed by atoms with E-state index in [2.05, 4.69) is 0 Å². The number of non-ortho nitro benzene ring substituents is 1. The average molecular weight is 397 g/mol. The molecule has 0 amide bonds. The number of nitrogens with zero attached hydrogens (tertiary/aromatic N) is 3. The van der Waals surface area contributed by atoms with Crippen molar-refractivity contribution in [2.24, 2.45) is 0 Å². The molecule has 140 valence electrons. The van der Waals surface area contributed by atoms with Gasteiger partial charge in [0.25, 0.3) is 5.69 Å². The first-order valence-electron chi connectivity index (χ1n) is 7.99. The van der Waals surface area contributed by atoms with Crippen LogP contribution in [-0.2, 0) is 21.3 Å². The van der Waals surface area contributed by atoms with E-state index in [1.165, 1.54) is 16.4 Å². The molecule has 0 N–H and O–H groups in total. The molecule has 1 saturated heterocycles. The van der Waals surface area contributed by atoms with E-state index in [1.807, 2.05) is 17.5 Å². The number of sulfonamides is 1. The Hall–Kier alpha value is -2.01. The number of benzene rings is 1. The third kappa shape index (κ3) is 3.88. The Labute approximate surface area is 155 Å². The molecule has 0 saturated carbocycles. The molecule has 1 aromatic carbocycles. The van der Waals surface area contributed by atoms with E-state index in [9.17, 15) is 18.5 Å². The van der Waals surface area contributed by atoms with Crippen molar-refractivity contribution in [3.05, 3.63) is 50.7 Å². The molecule has 1 aromatic heterocycles. The first-order valence-corrected chi connectivity index (χ1v) is 10.3. The minimum Gasteiger partial charge on any atom is -0.379 e. The number of hydrogen-bond donors (Lipinski definition) is 0. The van der Waals surface area contributed by atoms with Crippen LogP contribution < -0.4 is 4.90 Å². The van der Waals surface area contributed by atoms with Gasteiger partial charge in [0.2, 0.25) is 10.0 Å². The summed E-state index contributed by atoms with van der Waals surface area (Å²) in [6.45, 7) is 1.61. The number of nitro benzene ring substituents is 1. The maximum Gasteiger partial charge on any atom is 0.270 e. The van der Waals surface area contributed by atoms with E-state index in [1.54, 1.807) is 23.3 Å². The zero-order valence-corrected chi connectivity index (χ0v) is 15.8. The van der Waals surface area contributed by atoms with E-state index < -0.39 is 14.9 Å². The predicted octanol–water partition coefficient (Wildman–Crippen LogP) is 2.31. The molecule has 0 aliphatic carbocycles. The highest BCUT2D eigenvalue weighted by molar-refractivity contribution is 7.89. The molecule has 1 aliphatic rings. The summed E-state index contributed by atoms with van der Waals surface area (Å²) < 4.78 is 32.8. The molecule has 0 bridgehead atoms. The van der Waals surface area contributed by atoms with Crippen LogP contribution in [0.4, 0.5) is 11.4 Å². The van der Waals surface area contributed by atoms with Crippen molar-refractivity contribution in [1.82, 2.24) is 4.31 Å². The van der Waals surface area contributed by atoms with Crippen LogP contribution >= 0.6 is 11.3 Å². The van der Waals surface area contributed by atoms with Gasteiger partial charge in [-0.1, -0.05) is 6.07 Å². The Morgan fingerprint density at radius 2 is 2.04 bits per heavy atom. The molecule has 0 radical (unpaired) electrons. The van der Waals surface area contributed by atoms with Gasteiger partial charge in [0.15, 0.2) is 0 Å². The molecule has 0 atom stereocenters. The molecule has 0 unspecified atom stereocenters. The van der Waals surface area contributed by atoms with Gasteiger partial charge in [0.1, 0.15) is 4.90 Å². The molecule has 26 heavy (non-hydrogen) atoms. The monoisotopic (exact) mass is 397 g/mol. The molecule has 2 heterocycles. The van der Waals surface area contributed by atoms with Crippen molar-refractivity contribution in [1.29, 1.82) is 0 Å². The van der Waals surface area contributed by atoms with Crippen molar-refractivity contribution in [2.75, 3.05) is 38.3 Å². The standard InChI is InChI=1S/C16H19N3O5S2/c1-17(12-14-3-2-10-25-14)15-5-4-13(19(20)21)11-16(15)26(22,23)18-6-8-24-9-7-18/h2-5,10-11H,6-9,12H2,1H3. The zero-order chi connectivity index (χ0) is 18.7. The van der Waals surface area contributed by atoms with Crippen LogP contribution in [0, 0.1) is 10.1 Å². The third-order valence-corrected chi connectivity index (χ3v) is 6.92. The van der Waals surface area contributed by atoms with Gasteiger partial charge in [-0.3, -0.25) is 10.1 Å². The van der Waals surface area contributed by atoms with Gasteiger partial charge < -0.3 is 9.64 Å². The van der Waals surface area contributed by atoms with Crippen LogP contribution in [0.2, 0.25) is 0 Å². The zero-order valence-electron chi connectivity index (χ0n) is 14.2. The van der Waals surface area contributed by atoms with Gasteiger partial charge in [-0.15, -0.1) is 11.3 Å². The Morgan fingerprint density at radius 3 is 2.65 bits per heavy atom. The summed E-state index contributed by atoms with van der Waals surface area (Å²) in [6, 6.07) is 7.86. The second-order valence-corrected chi connectivity index (χ2v) is 8.80. The molecular formula is C16H19N3O5S2. The molecule has 1 fully saturated rings. The van der Waals surface area contributed by atoms with Crippen molar-refractivity contribution in [3.63, 3.8) is 0 Å². The summed E-state index contributed by atoms with van der Waals surface area (Å²) >= 11 is 1.57. The van der Waals surface area contributed by atoms with E-state index >= 15 is 0 Å². The Balaban J connectivity index is 2.02. The minimum atomic E-state index is -3.86. The summed E-state index contributed by atoms with van der Waals surface area (Å²) in [6.07, 6.45) is 0. The fourth-order valence-corrected chi connectivity index (χ4v) is 5.21. The van der Waals surface area contributed by atoms with Crippen LogP contribution in [-0.4, -0.2) is 51.0 Å². The Kier molecular flexibility index (Phi) is 5.56. The maximum atomic E-state index is 13.1. The highest BCUT2D eigenvalue weighted by Gasteiger charge is 2.31. The first kappa shape index (κ1) is 18.8. The summed E-state index contributed by atoms with van der Waals surface area (Å²) in [4.78, 5) is 13.4. The van der Waals surface area contributed by atoms with Crippen LogP contribution in [0.3, 0.4) is 0 Å². The number of ether oxygens (including phenoxy) is 1. The Morgan fingerprint density at radius 1 is 1.31 bits per heavy atom. The molecule has 1 aliphatic heterocycles. The van der Waals surface area contributed by atoms with Gasteiger partial charge in [-0.05, 0) is 17.5 Å². The summed E-state index contributed by atoms with van der Waals surface area (Å²) in [5, 5.41) is 13.1. The van der Waals surface area contributed by atoms with Crippen LogP contribution in [0.1, 0.15) is 4.88 Å². The molecule has 0 spiro atoms. The van der Waals surface area contributed by atoms with Gasteiger partial charge >= 0.3 is 0 Å². The highest BCUT2D eigenvalue weighted by Crippen LogP contribution is 2.32.